The van der Waals surface area contributed by atoms with Gasteiger partial charge in [-0.2, -0.15) is 0 Å². The molecule has 3 nitrogen and oxygen atoms in total. The van der Waals surface area contributed by atoms with Gasteiger partial charge in [-0.05, 0) is 11.5 Å². The Hall–Kier alpha value is -1.42. The SMILES string of the molecule is C1=CN2C=NOC2c2ccccc2S1. The van der Waals surface area contributed by atoms with E-state index < -0.39 is 0 Å². The molecule has 0 radical (unpaired) electrons. The smallest absolute Gasteiger partial charge is 0.231 e. The molecule has 1 aromatic carbocycles. The van der Waals surface area contributed by atoms with Gasteiger partial charge in [-0.1, -0.05) is 35.1 Å². The molecule has 0 N–H and O–H groups in total. The molecule has 3 rings (SSSR count). The summed E-state index contributed by atoms with van der Waals surface area (Å²) >= 11 is 1.70. The third kappa shape index (κ3) is 1.11. The first-order valence-corrected chi connectivity index (χ1v) is 5.22. The molecule has 0 fully saturated rings. The highest BCUT2D eigenvalue weighted by molar-refractivity contribution is 8.02. The lowest BCUT2D eigenvalue weighted by Crippen LogP contribution is -2.16. The molecule has 1 unspecified atom stereocenters. The molecule has 0 saturated heterocycles. The van der Waals surface area contributed by atoms with Crippen molar-refractivity contribution in [2.24, 2.45) is 5.16 Å². The van der Waals surface area contributed by atoms with Gasteiger partial charge in [-0.3, -0.25) is 4.90 Å². The van der Waals surface area contributed by atoms with E-state index >= 15 is 0 Å². The zero-order valence-corrected chi connectivity index (χ0v) is 8.15. The summed E-state index contributed by atoms with van der Waals surface area (Å²) in [6.45, 7) is 0. The van der Waals surface area contributed by atoms with Crippen molar-refractivity contribution in [3.63, 3.8) is 0 Å². The van der Waals surface area contributed by atoms with Crippen molar-refractivity contribution in [3.05, 3.63) is 41.4 Å². The summed E-state index contributed by atoms with van der Waals surface area (Å²) in [6.07, 6.45) is 3.59. The van der Waals surface area contributed by atoms with E-state index in [9.17, 15) is 0 Å². The molecular weight excluding hydrogens is 196 g/mol. The van der Waals surface area contributed by atoms with Crippen molar-refractivity contribution >= 4 is 18.1 Å². The summed E-state index contributed by atoms with van der Waals surface area (Å²) in [7, 11) is 0. The number of hydrogen-bond acceptors (Lipinski definition) is 4. The topological polar surface area (TPSA) is 24.8 Å². The molecule has 1 atom stereocenters. The van der Waals surface area contributed by atoms with Gasteiger partial charge in [-0.15, -0.1) is 0 Å². The van der Waals surface area contributed by atoms with Gasteiger partial charge in [0, 0.05) is 16.7 Å². The van der Waals surface area contributed by atoms with Crippen molar-refractivity contribution < 1.29 is 4.84 Å². The number of thioether (sulfide) groups is 1. The summed E-state index contributed by atoms with van der Waals surface area (Å²) in [4.78, 5) is 8.48. The molecule has 2 heterocycles. The molecule has 2 aliphatic rings. The van der Waals surface area contributed by atoms with Crippen LogP contribution in [-0.2, 0) is 4.84 Å². The lowest BCUT2D eigenvalue weighted by atomic mass is 10.2. The van der Waals surface area contributed by atoms with E-state index in [0.717, 1.165) is 0 Å². The summed E-state index contributed by atoms with van der Waals surface area (Å²) in [5.74, 6) is 0. The fraction of sp³-hybridized carbons (Fsp3) is 0.100. The molecule has 0 aromatic heterocycles. The highest BCUT2D eigenvalue weighted by atomic mass is 32.2. The van der Waals surface area contributed by atoms with E-state index in [2.05, 4.69) is 17.3 Å². The van der Waals surface area contributed by atoms with E-state index in [4.69, 9.17) is 4.84 Å². The number of hydrogen-bond donors (Lipinski definition) is 0. The Bertz CT molecular complexity index is 416. The van der Waals surface area contributed by atoms with Crippen LogP contribution in [0.15, 0.2) is 45.9 Å². The second-order valence-electron chi connectivity index (χ2n) is 3.07. The lowest BCUT2D eigenvalue weighted by molar-refractivity contribution is 0.0255. The monoisotopic (exact) mass is 204 g/mol. The maximum Gasteiger partial charge on any atom is 0.231 e. The van der Waals surface area contributed by atoms with Crippen LogP contribution in [0.2, 0.25) is 0 Å². The number of benzene rings is 1. The minimum absolute atomic E-state index is 0.0857. The molecule has 0 spiro atoms. The van der Waals surface area contributed by atoms with Crippen molar-refractivity contribution in [2.75, 3.05) is 0 Å². The standard InChI is InChI=1S/C10H8N2OS/c1-2-4-9-8(3-1)10-12(5-6-14-9)7-11-13-10/h1-7,10H. The van der Waals surface area contributed by atoms with Crippen LogP contribution in [0.1, 0.15) is 11.8 Å². The molecule has 0 aliphatic carbocycles. The van der Waals surface area contributed by atoms with Gasteiger partial charge in [0.2, 0.25) is 6.23 Å². The highest BCUT2D eigenvalue weighted by Gasteiger charge is 2.26. The normalized spacial score (nSPS) is 22.6. The Morgan fingerprint density at radius 3 is 3.29 bits per heavy atom. The third-order valence-electron chi connectivity index (χ3n) is 2.23. The molecule has 4 heteroatoms. The average molecular weight is 204 g/mol. The second-order valence-corrected chi connectivity index (χ2v) is 4.01. The maximum absolute atomic E-state index is 5.29. The van der Waals surface area contributed by atoms with Gasteiger partial charge >= 0.3 is 0 Å². The number of fused-ring (bicyclic) bond motifs is 3. The summed E-state index contributed by atoms with van der Waals surface area (Å²) < 4.78 is 0. The Labute approximate surface area is 86.0 Å². The molecule has 1 aromatic rings. The lowest BCUT2D eigenvalue weighted by Gasteiger charge is -2.17. The first-order valence-electron chi connectivity index (χ1n) is 4.34. The molecule has 0 bridgehead atoms. The van der Waals surface area contributed by atoms with Gasteiger partial charge in [0.15, 0.2) is 0 Å². The molecule has 14 heavy (non-hydrogen) atoms. The minimum atomic E-state index is -0.0857. The Balaban J connectivity index is 2.11. The second kappa shape index (κ2) is 3.06. The fourth-order valence-corrected chi connectivity index (χ4v) is 2.36. The van der Waals surface area contributed by atoms with Crippen LogP contribution in [0.4, 0.5) is 0 Å². The van der Waals surface area contributed by atoms with Crippen molar-refractivity contribution in [3.8, 4) is 0 Å². The van der Waals surface area contributed by atoms with E-state index in [1.54, 1.807) is 18.1 Å². The van der Waals surface area contributed by atoms with Gasteiger partial charge in [0.1, 0.15) is 6.34 Å². The zero-order chi connectivity index (χ0) is 9.38. The molecular formula is C10H8N2OS. The van der Waals surface area contributed by atoms with Crippen LogP contribution in [0.3, 0.4) is 0 Å². The Morgan fingerprint density at radius 1 is 1.36 bits per heavy atom. The van der Waals surface area contributed by atoms with E-state index in [-0.39, 0.29) is 6.23 Å². The minimum Gasteiger partial charge on any atom is -0.364 e. The molecule has 0 saturated carbocycles. The van der Waals surface area contributed by atoms with Crippen molar-refractivity contribution in [1.82, 2.24) is 4.90 Å². The van der Waals surface area contributed by atoms with Crippen LogP contribution in [-0.4, -0.2) is 11.2 Å². The highest BCUT2D eigenvalue weighted by Crippen LogP contribution is 2.36. The average Bonchev–Trinajstić information content (AvgIpc) is 2.61. The zero-order valence-electron chi connectivity index (χ0n) is 7.33. The summed E-state index contributed by atoms with van der Waals surface area (Å²) in [6, 6.07) is 8.22. The van der Waals surface area contributed by atoms with Crippen LogP contribution in [0.25, 0.3) is 0 Å². The molecule has 2 aliphatic heterocycles. The largest absolute Gasteiger partial charge is 0.364 e. The van der Waals surface area contributed by atoms with Gasteiger partial charge < -0.3 is 4.84 Å². The van der Waals surface area contributed by atoms with Crippen molar-refractivity contribution in [2.45, 2.75) is 11.1 Å². The predicted octanol–water partition coefficient (Wildman–Crippen LogP) is 2.54. The maximum atomic E-state index is 5.29. The van der Waals surface area contributed by atoms with E-state index in [1.807, 2.05) is 28.6 Å². The number of oxime groups is 1. The van der Waals surface area contributed by atoms with Crippen LogP contribution >= 0.6 is 11.8 Å². The van der Waals surface area contributed by atoms with Crippen LogP contribution < -0.4 is 0 Å². The van der Waals surface area contributed by atoms with Crippen molar-refractivity contribution in [1.29, 1.82) is 0 Å². The van der Waals surface area contributed by atoms with E-state index in [1.165, 1.54) is 10.5 Å². The third-order valence-corrected chi connectivity index (χ3v) is 3.11. The predicted molar refractivity (Wildman–Crippen MR) is 55.6 cm³/mol. The van der Waals surface area contributed by atoms with Gasteiger partial charge in [0.25, 0.3) is 0 Å². The summed E-state index contributed by atoms with van der Waals surface area (Å²) in [5.41, 5.74) is 1.17. The Kier molecular flexibility index (Phi) is 1.73. The first kappa shape index (κ1) is 7.94. The molecule has 70 valence electrons. The van der Waals surface area contributed by atoms with Gasteiger partial charge in [0.05, 0.1) is 0 Å². The summed E-state index contributed by atoms with van der Waals surface area (Å²) in [5, 5.41) is 5.85. The first-order chi connectivity index (χ1) is 6.95. The fourth-order valence-electron chi connectivity index (χ4n) is 1.55. The van der Waals surface area contributed by atoms with E-state index in [0.29, 0.717) is 0 Å². The quantitative estimate of drug-likeness (QED) is 0.649. The number of rotatable bonds is 0. The van der Waals surface area contributed by atoms with Crippen LogP contribution in [0.5, 0.6) is 0 Å². The Morgan fingerprint density at radius 2 is 2.29 bits per heavy atom. The van der Waals surface area contributed by atoms with Gasteiger partial charge in [-0.25, -0.2) is 0 Å². The number of nitrogens with zero attached hydrogens (tertiary/aromatic N) is 2. The van der Waals surface area contributed by atoms with Crippen LogP contribution in [0, 0.1) is 0 Å². The molecule has 0 amide bonds.